The molecule has 2 rings (SSSR count). The van der Waals surface area contributed by atoms with Crippen molar-refractivity contribution < 1.29 is 112 Å². The molecular weight excluding hydrogens is 1100 g/mol. The van der Waals surface area contributed by atoms with Gasteiger partial charge >= 0.3 is 11.9 Å². The zero-order valence-electron chi connectivity index (χ0n) is 46.0. The smallest absolute Gasteiger partial charge is 0.326 e. The van der Waals surface area contributed by atoms with Crippen LogP contribution in [0, 0.1) is 0 Å². The largest absolute Gasteiger partial charge is 0.480 e. The van der Waals surface area contributed by atoms with Crippen LogP contribution < -0.4 is 65.5 Å². The summed E-state index contributed by atoms with van der Waals surface area (Å²) in [6, 6.07) is -14.2. The van der Waals surface area contributed by atoms with Crippen molar-refractivity contribution in [2.45, 2.75) is 209 Å². The summed E-state index contributed by atoms with van der Waals surface area (Å²) in [5.41, 5.74) is 22.1. The third kappa shape index (κ3) is 22.5. The molecule has 2 aliphatic heterocycles. The number of nitrogens with one attached hydrogen (secondary N) is 8. The van der Waals surface area contributed by atoms with Crippen molar-refractivity contribution in [3.8, 4) is 0 Å². The highest BCUT2D eigenvalue weighted by Crippen LogP contribution is 2.31. The van der Waals surface area contributed by atoms with Gasteiger partial charge in [-0.1, -0.05) is 0 Å². The first kappa shape index (κ1) is 71.3. The Balaban J connectivity index is 2.17. The number of ether oxygens (including phenoxy) is 4. The van der Waals surface area contributed by atoms with E-state index in [1.165, 1.54) is 6.92 Å². The molecule has 0 radical (unpaired) electrons. The second-order valence-electron chi connectivity index (χ2n) is 19.8. The van der Waals surface area contributed by atoms with Gasteiger partial charge in [0.05, 0.1) is 25.3 Å². The zero-order chi connectivity index (χ0) is 62.5. The number of hydrogen-bond acceptors (Lipinski definition) is 23. The number of aliphatic hydroxyl groups is 5. The van der Waals surface area contributed by atoms with Crippen LogP contribution in [0.15, 0.2) is 0 Å². The summed E-state index contributed by atoms with van der Waals surface area (Å²) in [7, 11) is 0. The van der Waals surface area contributed by atoms with Gasteiger partial charge < -0.3 is 120 Å². The van der Waals surface area contributed by atoms with Gasteiger partial charge in [-0.2, -0.15) is 0 Å². The number of rotatable bonds is 34. The van der Waals surface area contributed by atoms with E-state index in [-0.39, 0.29) is 38.5 Å². The number of aliphatic hydroxyl groups excluding tert-OH is 5. The minimum Gasteiger partial charge on any atom is -0.480 e. The number of carbonyl (C=O) groups is 12. The van der Waals surface area contributed by atoms with E-state index in [4.69, 9.17) is 41.9 Å². The summed E-state index contributed by atoms with van der Waals surface area (Å²) >= 11 is 0. The molecule has 2 aliphatic rings. The van der Waals surface area contributed by atoms with E-state index in [0.29, 0.717) is 0 Å². The average molecular weight is 1180 g/mol. The zero-order valence-corrected chi connectivity index (χ0v) is 46.0. The highest BCUT2D eigenvalue weighted by Gasteiger charge is 2.53. The number of primary amides is 2. The molecule has 2 fully saturated rings. The van der Waals surface area contributed by atoms with Gasteiger partial charge in [-0.15, -0.1) is 0 Å². The minimum atomic E-state index is -1.94. The second kappa shape index (κ2) is 34.0. The lowest BCUT2D eigenvalue weighted by atomic mass is 9.94. The lowest BCUT2D eigenvalue weighted by molar-refractivity contribution is -0.333. The van der Waals surface area contributed by atoms with Gasteiger partial charge in [0, 0.05) is 20.3 Å². The standard InChI is InChI=1S/C47H80N12O23/c1-17(52-41(71)20(4)79-36-32(56-22(6)63)46(78)80-29(16-61)35(36)82-47-31(55-21(5)62)34(66)33(65)28(15-60)81-47)40(70)59-27(45(76)77)13-14-30(64)57-26(43(73)54-19(3)44(74)75)12-8-11-25(38(51)68)58-39(69)18(2)53-42(72)24(49)10-7-9-23(48)37(50)67/h17-20,23-29,31-36,46-47,60-61,65-66,78H,7-16,48-49H2,1-6H3,(H2,50,67)(H2,51,68)(H,52,71)(H,53,72)(H,54,73)(H,55,62)(H,56,63)(H,57,64)(H,58,69)(H,59,70)(H,74,75)(H,76,77). The van der Waals surface area contributed by atoms with Crippen LogP contribution in [0.4, 0.5) is 0 Å². The summed E-state index contributed by atoms with van der Waals surface area (Å²) in [6.45, 7) is 5.05. The molecule has 19 atom stereocenters. The molecule has 0 bridgehead atoms. The molecular formula is C47H80N12O23. The molecule has 82 heavy (non-hydrogen) atoms. The molecule has 35 nitrogen and oxygen atoms in total. The molecule has 466 valence electrons. The first-order valence-corrected chi connectivity index (χ1v) is 26.0. The highest BCUT2D eigenvalue weighted by atomic mass is 16.7. The second-order valence-corrected chi connectivity index (χ2v) is 19.8. The Morgan fingerprint density at radius 3 is 1.56 bits per heavy atom. The highest BCUT2D eigenvalue weighted by molar-refractivity contribution is 5.94. The van der Waals surface area contributed by atoms with Crippen LogP contribution in [-0.4, -0.2) is 236 Å². The van der Waals surface area contributed by atoms with E-state index < -0.39 is 213 Å². The van der Waals surface area contributed by atoms with E-state index in [2.05, 4.69) is 42.5 Å². The Kier molecular flexibility index (Phi) is 29.5. The van der Waals surface area contributed by atoms with E-state index >= 15 is 0 Å². The fourth-order valence-corrected chi connectivity index (χ4v) is 8.28. The van der Waals surface area contributed by atoms with Crippen LogP contribution >= 0.6 is 0 Å². The van der Waals surface area contributed by atoms with Crippen LogP contribution in [0.1, 0.15) is 92.9 Å². The number of amides is 10. The molecule has 0 aromatic carbocycles. The van der Waals surface area contributed by atoms with Gasteiger partial charge in [0.2, 0.25) is 59.1 Å². The maximum absolute atomic E-state index is 13.6. The molecule has 2 heterocycles. The molecule has 23 N–H and O–H groups in total. The number of aliphatic carboxylic acids is 2. The summed E-state index contributed by atoms with van der Waals surface area (Å²) in [4.78, 5) is 151. The predicted molar refractivity (Wildman–Crippen MR) is 275 cm³/mol. The minimum absolute atomic E-state index is 0.0874. The first-order chi connectivity index (χ1) is 38.2. The Labute approximate surface area is 469 Å². The summed E-state index contributed by atoms with van der Waals surface area (Å²) < 4.78 is 23.2. The van der Waals surface area contributed by atoms with E-state index in [1.54, 1.807) is 0 Å². The number of hydrogen-bond donors (Lipinski definition) is 19. The molecule has 10 amide bonds. The van der Waals surface area contributed by atoms with Crippen molar-refractivity contribution >= 4 is 71.0 Å². The number of carboxylic acids is 2. The Morgan fingerprint density at radius 1 is 0.524 bits per heavy atom. The SMILES string of the molecule is CC(=O)NC1C(OC2C(CO)OC(O)C(NC(C)=O)C2OC(C)C(=O)NC(C)C(=O)NC(CCC(=O)NC(CCCC(NC(=O)C(C)NC(=O)C(N)CCCC(N)C(N)=O)C(N)=O)C(=O)NC(C)C(=O)O)C(=O)O)OC(CO)C(O)C1O. The normalized spacial score (nSPS) is 25.7. The number of carboxylic acid groups (broad SMARTS) is 2. The molecule has 0 aromatic rings. The third-order valence-electron chi connectivity index (χ3n) is 13.0. The summed E-state index contributed by atoms with van der Waals surface area (Å²) in [6.07, 6.45) is -16.8. The van der Waals surface area contributed by atoms with Crippen LogP contribution in [0.25, 0.3) is 0 Å². The van der Waals surface area contributed by atoms with E-state index in [1.807, 2.05) is 0 Å². The molecule has 35 heteroatoms. The maximum atomic E-state index is 13.6. The van der Waals surface area contributed by atoms with Gasteiger partial charge in [-0.3, -0.25) is 52.7 Å². The fourth-order valence-electron chi connectivity index (χ4n) is 8.28. The van der Waals surface area contributed by atoms with Crippen LogP contribution in [0.3, 0.4) is 0 Å². The van der Waals surface area contributed by atoms with Gasteiger partial charge in [-0.25, -0.2) is 4.79 Å². The van der Waals surface area contributed by atoms with Crippen LogP contribution in [-0.2, 0) is 76.5 Å². The van der Waals surface area contributed by atoms with Crippen LogP contribution in [0.2, 0.25) is 0 Å². The number of nitrogens with two attached hydrogens (primary N) is 4. The molecule has 0 spiro atoms. The summed E-state index contributed by atoms with van der Waals surface area (Å²) in [5.74, 6) is -12.1. The average Bonchev–Trinajstić information content (AvgIpc) is 2.86. The Bertz CT molecular complexity index is 2250. The topological polar surface area (TPSA) is 584 Å². The van der Waals surface area contributed by atoms with Gasteiger partial charge in [-0.05, 0) is 72.6 Å². The van der Waals surface area contributed by atoms with Crippen molar-refractivity contribution in [1.29, 1.82) is 0 Å². The molecule has 19 unspecified atom stereocenters. The van der Waals surface area contributed by atoms with Crippen LogP contribution in [0.5, 0.6) is 0 Å². The van der Waals surface area contributed by atoms with Crippen molar-refractivity contribution in [1.82, 2.24) is 42.5 Å². The number of carbonyl (C=O) groups excluding carboxylic acids is 10. The lowest BCUT2D eigenvalue weighted by Crippen LogP contribution is -2.70. The van der Waals surface area contributed by atoms with Gasteiger partial charge in [0.1, 0.15) is 91.1 Å². The quantitative estimate of drug-likeness (QED) is 0.0284. The first-order valence-electron chi connectivity index (χ1n) is 26.0. The molecule has 2 saturated heterocycles. The maximum Gasteiger partial charge on any atom is 0.326 e. The van der Waals surface area contributed by atoms with E-state index in [0.717, 1.165) is 34.6 Å². The lowest BCUT2D eigenvalue weighted by Gasteiger charge is -2.48. The van der Waals surface area contributed by atoms with E-state index in [9.17, 15) is 93.3 Å². The van der Waals surface area contributed by atoms with Gasteiger partial charge in [0.25, 0.3) is 0 Å². The van der Waals surface area contributed by atoms with Crippen molar-refractivity contribution in [2.24, 2.45) is 22.9 Å². The van der Waals surface area contributed by atoms with Crippen molar-refractivity contribution in [3.63, 3.8) is 0 Å². The molecule has 0 saturated carbocycles. The third-order valence-corrected chi connectivity index (χ3v) is 13.0. The molecule has 0 aromatic heterocycles. The van der Waals surface area contributed by atoms with Crippen molar-refractivity contribution in [2.75, 3.05) is 13.2 Å². The summed E-state index contributed by atoms with van der Waals surface area (Å²) in [5, 5.41) is 90.3. The predicted octanol–water partition coefficient (Wildman–Crippen LogP) is -9.81. The Morgan fingerprint density at radius 2 is 1.04 bits per heavy atom. The Hall–Kier alpha value is -6.80. The molecule has 0 aliphatic carbocycles. The van der Waals surface area contributed by atoms with Gasteiger partial charge in [0.15, 0.2) is 12.6 Å². The van der Waals surface area contributed by atoms with Crippen molar-refractivity contribution in [3.05, 3.63) is 0 Å². The monoisotopic (exact) mass is 1180 g/mol. The fraction of sp³-hybridized carbons (Fsp3) is 0.745.